The van der Waals surface area contributed by atoms with Gasteiger partial charge in [-0.25, -0.2) is 4.39 Å². The molecule has 1 rings (SSSR count). The summed E-state index contributed by atoms with van der Waals surface area (Å²) >= 11 is 0. The van der Waals surface area contributed by atoms with Gasteiger partial charge in [-0.05, 0) is 70.6 Å². The fourth-order valence-electron chi connectivity index (χ4n) is 3.34. The van der Waals surface area contributed by atoms with E-state index in [9.17, 15) is 4.39 Å². The van der Waals surface area contributed by atoms with Crippen LogP contribution in [0.25, 0.3) is 0 Å². The summed E-state index contributed by atoms with van der Waals surface area (Å²) in [6.07, 6.45) is 10.3. The van der Waals surface area contributed by atoms with E-state index >= 15 is 0 Å². The van der Waals surface area contributed by atoms with Crippen molar-refractivity contribution in [3.63, 3.8) is 0 Å². The van der Waals surface area contributed by atoms with E-state index in [1.165, 1.54) is 5.57 Å². The first kappa shape index (κ1) is 26.2. The minimum absolute atomic E-state index is 0.101. The van der Waals surface area contributed by atoms with Crippen LogP contribution in [0.4, 0.5) is 4.39 Å². The molecule has 1 nitrogen and oxygen atoms in total. The zero-order valence-corrected chi connectivity index (χ0v) is 19.5. The highest BCUT2D eigenvalue weighted by Gasteiger charge is 2.20. The number of rotatable bonds is 10. The second-order valence-electron chi connectivity index (χ2n) is 7.23. The molecule has 1 atom stereocenters. The summed E-state index contributed by atoms with van der Waals surface area (Å²) < 4.78 is 14.6. The van der Waals surface area contributed by atoms with Crippen molar-refractivity contribution in [2.24, 2.45) is 0 Å². The Balaban J connectivity index is 0.00000352. The largest absolute Gasteiger partial charge is 0.368 e. The van der Waals surface area contributed by atoms with Crippen LogP contribution in [-0.4, -0.2) is 10.9 Å². The normalized spacial score (nSPS) is 12.5. The topological polar surface area (TPSA) is 3.24 Å². The molecule has 0 aliphatic rings. The van der Waals surface area contributed by atoms with Gasteiger partial charge in [0.05, 0.1) is 0 Å². The fourth-order valence-corrected chi connectivity index (χ4v) is 3.34. The van der Waals surface area contributed by atoms with Crippen molar-refractivity contribution in [1.82, 2.24) is 4.90 Å². The van der Waals surface area contributed by atoms with E-state index in [0.717, 1.165) is 48.1 Å². The molecule has 1 aromatic rings. The number of halogens is 1. The molecule has 1 unspecified atom stereocenters. The lowest BCUT2D eigenvalue weighted by Gasteiger charge is -2.35. The third-order valence-corrected chi connectivity index (χ3v) is 5.06. The third-order valence-electron chi connectivity index (χ3n) is 5.06. The summed E-state index contributed by atoms with van der Waals surface area (Å²) in [6.45, 7) is 21.4. The van der Waals surface area contributed by atoms with Gasteiger partial charge in [0.15, 0.2) is 0 Å². The molecule has 0 aliphatic carbocycles. The zero-order chi connectivity index (χ0) is 21.7. The van der Waals surface area contributed by atoms with Crippen LogP contribution in [0.5, 0.6) is 0 Å². The van der Waals surface area contributed by atoms with Gasteiger partial charge < -0.3 is 4.90 Å². The number of hydrogen-bond acceptors (Lipinski definition) is 1. The van der Waals surface area contributed by atoms with Crippen LogP contribution in [0, 0.1) is 19.7 Å². The highest BCUT2D eigenvalue weighted by atomic mass is 19.1. The number of nitrogens with zero attached hydrogens (tertiary/aromatic N) is 1. The van der Waals surface area contributed by atoms with E-state index in [2.05, 4.69) is 56.5 Å². The maximum Gasteiger partial charge on any atom is 0.128 e. The first-order valence-electron chi connectivity index (χ1n) is 10.8. The Morgan fingerprint density at radius 3 is 2.36 bits per heavy atom. The number of hydrogen-bond donors (Lipinski definition) is 0. The van der Waals surface area contributed by atoms with E-state index in [1.54, 1.807) is 6.07 Å². The molecule has 158 valence electrons. The van der Waals surface area contributed by atoms with Gasteiger partial charge in [0.1, 0.15) is 5.82 Å². The fraction of sp³-hybridized carbons (Fsp3) is 0.538. The first-order valence-corrected chi connectivity index (χ1v) is 10.8. The second kappa shape index (κ2) is 14.2. The van der Waals surface area contributed by atoms with Gasteiger partial charge in [-0.2, -0.15) is 0 Å². The number of benzene rings is 1. The SMILES string of the molecule is C=C(CC)N(Cc1c(C)cc(C)cc1F)C(CC)CC/C(C)=C/C=C\C.CC. The minimum atomic E-state index is -0.101. The van der Waals surface area contributed by atoms with Crippen LogP contribution in [0.1, 0.15) is 83.9 Å². The molecule has 0 saturated heterocycles. The molecule has 0 radical (unpaired) electrons. The zero-order valence-electron chi connectivity index (χ0n) is 19.5. The summed E-state index contributed by atoms with van der Waals surface area (Å²) in [4.78, 5) is 2.32. The van der Waals surface area contributed by atoms with Gasteiger partial charge in [0.2, 0.25) is 0 Å². The standard InChI is InChI=1S/C24H36FN.C2H6/c1-8-11-12-18(4)13-14-22(10-3)26(21(7)9-2)17-23-20(6)15-19(5)16-24(23)25;1-2/h8,11-12,15-16,22H,7,9-10,13-14,17H2,1-6H3;1-2H3/b11-8-,18-12+;. The molecule has 0 aromatic heterocycles. The molecule has 0 heterocycles. The van der Waals surface area contributed by atoms with Crippen molar-refractivity contribution >= 4 is 0 Å². The maximum absolute atomic E-state index is 14.6. The van der Waals surface area contributed by atoms with Crippen LogP contribution in [0.3, 0.4) is 0 Å². The number of aryl methyl sites for hydroxylation is 2. The molecule has 28 heavy (non-hydrogen) atoms. The predicted octanol–water partition coefficient (Wildman–Crippen LogP) is 8.28. The van der Waals surface area contributed by atoms with Crippen LogP contribution in [0.2, 0.25) is 0 Å². The molecule has 0 spiro atoms. The maximum atomic E-state index is 14.6. The summed E-state index contributed by atoms with van der Waals surface area (Å²) in [5, 5.41) is 0. The quantitative estimate of drug-likeness (QED) is 0.365. The molecule has 0 fully saturated rings. The van der Waals surface area contributed by atoms with Crippen molar-refractivity contribution in [2.45, 2.75) is 93.7 Å². The van der Waals surface area contributed by atoms with Crippen LogP contribution >= 0.6 is 0 Å². The molecule has 2 heteroatoms. The van der Waals surface area contributed by atoms with Gasteiger partial charge in [-0.1, -0.05) is 64.1 Å². The van der Waals surface area contributed by atoms with E-state index in [4.69, 9.17) is 0 Å². The summed E-state index contributed by atoms with van der Waals surface area (Å²) in [5.74, 6) is -0.101. The Hall–Kier alpha value is -1.83. The minimum Gasteiger partial charge on any atom is -0.368 e. The van der Waals surface area contributed by atoms with Crippen LogP contribution in [0.15, 0.2) is 48.2 Å². The monoisotopic (exact) mass is 387 g/mol. The lowest BCUT2D eigenvalue weighted by molar-refractivity contribution is 0.217. The van der Waals surface area contributed by atoms with Gasteiger partial charge in [0, 0.05) is 23.8 Å². The van der Waals surface area contributed by atoms with Gasteiger partial charge in [-0.3, -0.25) is 0 Å². The van der Waals surface area contributed by atoms with Crippen molar-refractivity contribution in [1.29, 1.82) is 0 Å². The molecule has 0 amide bonds. The lowest BCUT2D eigenvalue weighted by Crippen LogP contribution is -2.34. The predicted molar refractivity (Wildman–Crippen MR) is 124 cm³/mol. The highest BCUT2D eigenvalue weighted by Crippen LogP contribution is 2.26. The molecule has 1 aromatic carbocycles. The Bertz CT molecular complexity index is 631. The molecule has 0 aliphatic heterocycles. The first-order chi connectivity index (χ1) is 13.3. The average Bonchev–Trinajstić information content (AvgIpc) is 2.68. The Kier molecular flexibility index (Phi) is 13.3. The smallest absolute Gasteiger partial charge is 0.128 e. The van der Waals surface area contributed by atoms with Crippen LogP contribution < -0.4 is 0 Å². The summed E-state index contributed by atoms with van der Waals surface area (Å²) in [5.41, 5.74) is 5.26. The Labute approximate surface area is 174 Å². The summed E-state index contributed by atoms with van der Waals surface area (Å²) in [6, 6.07) is 4.08. The van der Waals surface area contributed by atoms with E-state index in [0.29, 0.717) is 12.6 Å². The van der Waals surface area contributed by atoms with Gasteiger partial charge in [0.25, 0.3) is 0 Å². The van der Waals surface area contributed by atoms with E-state index in [-0.39, 0.29) is 5.82 Å². The Morgan fingerprint density at radius 1 is 1.21 bits per heavy atom. The Morgan fingerprint density at radius 2 is 1.86 bits per heavy atom. The van der Waals surface area contributed by atoms with Crippen molar-refractivity contribution < 1.29 is 4.39 Å². The average molecular weight is 388 g/mol. The van der Waals surface area contributed by atoms with Crippen molar-refractivity contribution in [2.75, 3.05) is 0 Å². The summed E-state index contributed by atoms with van der Waals surface area (Å²) in [7, 11) is 0. The second-order valence-corrected chi connectivity index (χ2v) is 7.23. The molecular formula is C26H42FN. The lowest BCUT2D eigenvalue weighted by atomic mass is 9.99. The highest BCUT2D eigenvalue weighted by molar-refractivity contribution is 5.32. The third kappa shape index (κ3) is 8.46. The van der Waals surface area contributed by atoms with Gasteiger partial charge in [-0.15, -0.1) is 0 Å². The molecule has 0 N–H and O–H groups in total. The molecule has 0 saturated carbocycles. The number of allylic oxidation sites excluding steroid dienone is 5. The van der Waals surface area contributed by atoms with E-state index in [1.807, 2.05) is 34.6 Å². The van der Waals surface area contributed by atoms with Crippen molar-refractivity contribution in [3.05, 3.63) is 70.7 Å². The molecular weight excluding hydrogens is 345 g/mol. The van der Waals surface area contributed by atoms with Crippen LogP contribution in [-0.2, 0) is 6.54 Å². The molecule has 0 bridgehead atoms. The van der Waals surface area contributed by atoms with Gasteiger partial charge >= 0.3 is 0 Å². The van der Waals surface area contributed by atoms with E-state index < -0.39 is 0 Å². The van der Waals surface area contributed by atoms with Crippen molar-refractivity contribution in [3.8, 4) is 0 Å².